The summed E-state index contributed by atoms with van der Waals surface area (Å²) in [7, 11) is 1.61. The molecule has 1 aromatic heterocycles. The van der Waals surface area contributed by atoms with Gasteiger partial charge in [0.15, 0.2) is 11.5 Å². The summed E-state index contributed by atoms with van der Waals surface area (Å²) in [5, 5.41) is 4.35. The van der Waals surface area contributed by atoms with E-state index in [9.17, 15) is 4.79 Å². The molecule has 2 aliphatic carbocycles. The van der Waals surface area contributed by atoms with Gasteiger partial charge in [0.1, 0.15) is 5.00 Å². The van der Waals surface area contributed by atoms with Crippen molar-refractivity contribution in [2.75, 3.05) is 18.2 Å². The number of hydrogen-bond donors (Lipinski definition) is 2. The maximum atomic E-state index is 12.1. The second-order valence-corrected chi connectivity index (χ2v) is 6.14. The quantitative estimate of drug-likeness (QED) is 0.804. The van der Waals surface area contributed by atoms with E-state index in [0.717, 1.165) is 17.8 Å². The lowest BCUT2D eigenvalue weighted by Crippen LogP contribution is -2.26. The van der Waals surface area contributed by atoms with E-state index in [1.165, 1.54) is 30.6 Å². The molecular weight excluding hydrogens is 248 g/mol. The first kappa shape index (κ1) is 11.8. The number of hydrogen-bond acceptors (Lipinski definition) is 5. The van der Waals surface area contributed by atoms with Gasteiger partial charge in [-0.05, 0) is 32.1 Å². The molecule has 1 aromatic rings. The third-order valence-corrected chi connectivity index (χ3v) is 4.85. The predicted molar refractivity (Wildman–Crippen MR) is 73.6 cm³/mol. The zero-order chi connectivity index (χ0) is 12.7. The van der Waals surface area contributed by atoms with E-state index in [0.29, 0.717) is 22.4 Å². The highest BCUT2D eigenvalue weighted by molar-refractivity contribution is 7.19. The average molecular weight is 266 g/mol. The molecule has 0 unspecified atom stereocenters. The minimum atomic E-state index is 0.192. The van der Waals surface area contributed by atoms with Crippen LogP contribution in [0.1, 0.15) is 41.8 Å². The Balaban J connectivity index is 1.87. The van der Waals surface area contributed by atoms with Gasteiger partial charge in [0, 0.05) is 12.0 Å². The molecule has 2 aliphatic rings. The Morgan fingerprint density at radius 1 is 1.39 bits per heavy atom. The molecule has 0 aliphatic heterocycles. The molecule has 1 heterocycles. The van der Waals surface area contributed by atoms with Crippen molar-refractivity contribution >= 4 is 27.8 Å². The summed E-state index contributed by atoms with van der Waals surface area (Å²) in [6, 6.07) is 0.515. The molecule has 0 aromatic carbocycles. The smallest absolute Gasteiger partial charge is 0.178 e. The summed E-state index contributed by atoms with van der Waals surface area (Å²) in [4.78, 5) is 12.8. The fourth-order valence-corrected chi connectivity index (χ4v) is 3.36. The molecule has 2 fully saturated rings. The number of rotatable bonds is 5. The van der Waals surface area contributed by atoms with Crippen LogP contribution in [0.15, 0.2) is 0 Å². The van der Waals surface area contributed by atoms with Crippen molar-refractivity contribution in [1.29, 1.82) is 0 Å². The number of carbonyl (C=O) groups excluding carboxylic acids is 1. The van der Waals surface area contributed by atoms with Crippen molar-refractivity contribution in [2.24, 2.45) is 5.92 Å². The Labute approximate surface area is 111 Å². The van der Waals surface area contributed by atoms with Gasteiger partial charge in [-0.3, -0.25) is 4.79 Å². The normalized spacial score (nSPS) is 19.4. The number of ketones is 1. The number of nitrogen functional groups attached to an aromatic ring is 1. The van der Waals surface area contributed by atoms with Crippen molar-refractivity contribution in [1.82, 2.24) is 0 Å². The molecule has 0 amide bonds. The molecule has 0 radical (unpaired) electrons. The Kier molecular flexibility index (Phi) is 2.93. The standard InChI is InChI=1S/C13H18N2O2S/c1-17-11-9(14)12(10(16)7-5-6-7)18-13(11)15-8-3-2-4-8/h7-8,15H,2-6,14H2,1H3. The van der Waals surface area contributed by atoms with Crippen LogP contribution >= 0.6 is 11.3 Å². The number of methoxy groups -OCH3 is 1. The predicted octanol–water partition coefficient (Wildman–Crippen LogP) is 2.90. The topological polar surface area (TPSA) is 64.3 Å². The van der Waals surface area contributed by atoms with Gasteiger partial charge in [-0.25, -0.2) is 0 Å². The zero-order valence-electron chi connectivity index (χ0n) is 10.5. The van der Waals surface area contributed by atoms with Gasteiger partial charge in [-0.2, -0.15) is 0 Å². The van der Waals surface area contributed by atoms with Crippen LogP contribution in [-0.2, 0) is 0 Å². The van der Waals surface area contributed by atoms with E-state index >= 15 is 0 Å². The number of ether oxygens (including phenoxy) is 1. The third kappa shape index (κ3) is 1.96. The van der Waals surface area contributed by atoms with Crippen molar-refractivity contribution < 1.29 is 9.53 Å². The molecule has 0 atom stereocenters. The Morgan fingerprint density at radius 3 is 2.61 bits per heavy atom. The number of carbonyl (C=O) groups is 1. The molecule has 3 N–H and O–H groups in total. The second kappa shape index (κ2) is 4.46. The molecule has 4 nitrogen and oxygen atoms in total. The van der Waals surface area contributed by atoms with Gasteiger partial charge in [0.25, 0.3) is 0 Å². The lowest BCUT2D eigenvalue weighted by molar-refractivity contribution is 0.0972. The van der Waals surface area contributed by atoms with E-state index in [2.05, 4.69) is 5.32 Å². The number of anilines is 2. The summed E-state index contributed by atoms with van der Waals surface area (Å²) in [6.45, 7) is 0. The van der Waals surface area contributed by atoms with E-state index in [4.69, 9.17) is 10.5 Å². The number of nitrogens with one attached hydrogen (secondary N) is 1. The van der Waals surface area contributed by atoms with Gasteiger partial charge in [-0.1, -0.05) is 0 Å². The van der Waals surface area contributed by atoms with Gasteiger partial charge in [0.2, 0.25) is 0 Å². The Morgan fingerprint density at radius 2 is 2.11 bits per heavy atom. The van der Waals surface area contributed by atoms with Crippen molar-refractivity contribution in [2.45, 2.75) is 38.1 Å². The highest BCUT2D eigenvalue weighted by atomic mass is 32.1. The molecule has 2 saturated carbocycles. The van der Waals surface area contributed by atoms with E-state index in [1.807, 2.05) is 0 Å². The SMILES string of the molecule is COc1c(NC2CCC2)sc(C(=O)C2CC2)c1N. The van der Waals surface area contributed by atoms with Crippen LogP contribution in [0.2, 0.25) is 0 Å². The van der Waals surface area contributed by atoms with E-state index in [1.54, 1.807) is 7.11 Å². The zero-order valence-corrected chi connectivity index (χ0v) is 11.3. The summed E-state index contributed by atoms with van der Waals surface area (Å²) in [5.74, 6) is 1.04. The first-order chi connectivity index (χ1) is 8.70. The third-order valence-electron chi connectivity index (χ3n) is 3.72. The molecule has 0 spiro atoms. The van der Waals surface area contributed by atoms with Crippen LogP contribution in [-0.4, -0.2) is 18.9 Å². The van der Waals surface area contributed by atoms with Crippen LogP contribution in [0, 0.1) is 5.92 Å². The average Bonchev–Trinajstić information content (AvgIpc) is 3.09. The molecule has 5 heteroatoms. The van der Waals surface area contributed by atoms with Gasteiger partial charge in [0.05, 0.1) is 17.7 Å². The van der Waals surface area contributed by atoms with Crippen LogP contribution in [0.4, 0.5) is 10.7 Å². The van der Waals surface area contributed by atoms with Crippen LogP contribution in [0.3, 0.4) is 0 Å². The van der Waals surface area contributed by atoms with Crippen molar-refractivity contribution in [3.05, 3.63) is 4.88 Å². The Hall–Kier alpha value is -1.23. The largest absolute Gasteiger partial charge is 0.492 e. The lowest BCUT2D eigenvalue weighted by Gasteiger charge is -2.26. The first-order valence-electron chi connectivity index (χ1n) is 6.47. The first-order valence-corrected chi connectivity index (χ1v) is 7.29. The maximum absolute atomic E-state index is 12.1. The second-order valence-electron chi connectivity index (χ2n) is 5.12. The number of nitrogens with two attached hydrogens (primary N) is 1. The van der Waals surface area contributed by atoms with Gasteiger partial charge in [-0.15, -0.1) is 11.3 Å². The van der Waals surface area contributed by atoms with E-state index < -0.39 is 0 Å². The van der Waals surface area contributed by atoms with Gasteiger partial charge < -0.3 is 15.8 Å². The molecular formula is C13H18N2O2S. The summed E-state index contributed by atoms with van der Waals surface area (Å²) < 4.78 is 5.35. The Bertz CT molecular complexity index is 476. The molecule has 3 rings (SSSR count). The highest BCUT2D eigenvalue weighted by Gasteiger charge is 2.34. The summed E-state index contributed by atoms with van der Waals surface area (Å²) >= 11 is 1.45. The van der Waals surface area contributed by atoms with Crippen LogP contribution in [0.5, 0.6) is 5.75 Å². The summed E-state index contributed by atoms with van der Waals surface area (Å²) in [6.07, 6.45) is 5.65. The van der Waals surface area contributed by atoms with Gasteiger partial charge >= 0.3 is 0 Å². The van der Waals surface area contributed by atoms with Crippen LogP contribution in [0.25, 0.3) is 0 Å². The number of thiophene rings is 1. The van der Waals surface area contributed by atoms with E-state index in [-0.39, 0.29) is 11.7 Å². The molecule has 18 heavy (non-hydrogen) atoms. The molecule has 98 valence electrons. The lowest BCUT2D eigenvalue weighted by atomic mass is 9.93. The summed E-state index contributed by atoms with van der Waals surface area (Å²) in [5.41, 5.74) is 6.56. The maximum Gasteiger partial charge on any atom is 0.178 e. The molecule has 0 saturated heterocycles. The van der Waals surface area contributed by atoms with Crippen molar-refractivity contribution in [3.8, 4) is 5.75 Å². The fourth-order valence-electron chi connectivity index (χ4n) is 2.18. The number of Topliss-reactive ketones (excluding diaryl/α,β-unsaturated/α-hetero) is 1. The minimum Gasteiger partial charge on any atom is -0.492 e. The van der Waals surface area contributed by atoms with Crippen molar-refractivity contribution in [3.63, 3.8) is 0 Å². The fraction of sp³-hybridized carbons (Fsp3) is 0.615. The monoisotopic (exact) mass is 266 g/mol. The highest BCUT2D eigenvalue weighted by Crippen LogP contribution is 2.46. The molecule has 0 bridgehead atoms. The minimum absolute atomic E-state index is 0.192. The van der Waals surface area contributed by atoms with Crippen LogP contribution < -0.4 is 15.8 Å².